The molecule has 154 valence electrons. The molecular weight excluding hydrogens is 410 g/mol. The summed E-state index contributed by atoms with van der Waals surface area (Å²) in [4.78, 5) is 18.0. The maximum absolute atomic E-state index is 13.4. The van der Waals surface area contributed by atoms with Crippen LogP contribution in [0.4, 0.5) is 17.6 Å². The Morgan fingerprint density at radius 3 is 2.48 bits per heavy atom. The van der Waals surface area contributed by atoms with Crippen LogP contribution < -0.4 is 4.74 Å². The third-order valence-electron chi connectivity index (χ3n) is 4.08. The number of imidazole rings is 1. The molecule has 0 spiro atoms. The van der Waals surface area contributed by atoms with Gasteiger partial charge < -0.3 is 9.64 Å². The fourth-order valence-electron chi connectivity index (χ4n) is 2.69. The second kappa shape index (κ2) is 9.17. The van der Waals surface area contributed by atoms with Crippen LogP contribution in [0.3, 0.4) is 0 Å². The Balaban J connectivity index is 1.62. The minimum atomic E-state index is -2.90. The second-order valence-corrected chi connectivity index (χ2v) is 7.03. The number of fused-ring (bicyclic) bond motifs is 1. The van der Waals surface area contributed by atoms with Crippen molar-refractivity contribution < 1.29 is 27.1 Å². The van der Waals surface area contributed by atoms with Gasteiger partial charge in [-0.25, -0.2) is 4.98 Å². The first-order valence-electron chi connectivity index (χ1n) is 8.51. The van der Waals surface area contributed by atoms with Gasteiger partial charge >= 0.3 is 13.2 Å². The fourth-order valence-corrected chi connectivity index (χ4v) is 3.64. The van der Waals surface area contributed by atoms with E-state index >= 15 is 0 Å². The zero-order chi connectivity index (χ0) is 21.0. The molecule has 3 rings (SSSR count). The molecule has 5 nitrogen and oxygen atoms in total. The van der Waals surface area contributed by atoms with E-state index in [1.807, 2.05) is 0 Å². The van der Waals surface area contributed by atoms with Gasteiger partial charge in [-0.1, -0.05) is 36.0 Å². The highest BCUT2D eigenvalue weighted by atomic mass is 32.2. The predicted octanol–water partition coefficient (Wildman–Crippen LogP) is 4.78. The van der Waals surface area contributed by atoms with Gasteiger partial charge in [-0.3, -0.25) is 9.36 Å². The van der Waals surface area contributed by atoms with Crippen molar-refractivity contribution in [3.8, 4) is 5.75 Å². The molecule has 0 unspecified atom stereocenters. The van der Waals surface area contributed by atoms with Gasteiger partial charge in [0.25, 0.3) is 0 Å². The van der Waals surface area contributed by atoms with E-state index in [4.69, 9.17) is 0 Å². The average molecular weight is 427 g/mol. The van der Waals surface area contributed by atoms with E-state index < -0.39 is 13.2 Å². The van der Waals surface area contributed by atoms with Crippen molar-refractivity contribution in [1.82, 2.24) is 14.5 Å². The number of nitrogens with zero attached hydrogens (tertiary/aromatic N) is 3. The largest absolute Gasteiger partial charge is 0.435 e. The fraction of sp³-hybridized carbons (Fsp3) is 0.263. The number of benzene rings is 2. The summed E-state index contributed by atoms with van der Waals surface area (Å²) in [5, 5.41) is 0.0662. The molecule has 0 aliphatic rings. The van der Waals surface area contributed by atoms with Crippen LogP contribution in [-0.2, 0) is 11.3 Å². The first-order valence-corrected chi connectivity index (χ1v) is 9.49. The molecule has 0 radical (unpaired) electrons. The van der Waals surface area contributed by atoms with E-state index in [0.717, 1.165) is 16.3 Å². The zero-order valence-corrected chi connectivity index (χ0v) is 16.1. The summed E-state index contributed by atoms with van der Waals surface area (Å²) in [6.45, 7) is -5.44. The molecule has 0 saturated carbocycles. The lowest BCUT2D eigenvalue weighted by Gasteiger charge is -2.17. The highest BCUT2D eigenvalue weighted by Gasteiger charge is 2.19. The van der Waals surface area contributed by atoms with E-state index in [1.165, 1.54) is 17.0 Å². The van der Waals surface area contributed by atoms with Crippen molar-refractivity contribution in [1.29, 1.82) is 0 Å². The molecule has 1 heterocycles. The van der Waals surface area contributed by atoms with Crippen molar-refractivity contribution >= 4 is 28.7 Å². The number of hydrogen-bond acceptors (Lipinski definition) is 4. The Hall–Kier alpha value is -2.75. The van der Waals surface area contributed by atoms with Crippen LogP contribution in [0.5, 0.6) is 5.75 Å². The minimum Gasteiger partial charge on any atom is -0.435 e. The lowest BCUT2D eigenvalue weighted by molar-refractivity contribution is -0.127. The number of carbonyl (C=O) groups is 1. The number of ether oxygens (including phenoxy) is 1. The van der Waals surface area contributed by atoms with Crippen LogP contribution in [0, 0.1) is 0 Å². The second-order valence-electron chi connectivity index (χ2n) is 6.09. The van der Waals surface area contributed by atoms with Gasteiger partial charge in [0.1, 0.15) is 5.75 Å². The molecule has 29 heavy (non-hydrogen) atoms. The number of halogens is 4. The molecule has 0 bridgehead atoms. The minimum absolute atomic E-state index is 0.0270. The Kier molecular flexibility index (Phi) is 6.63. The molecule has 0 N–H and O–H groups in total. The highest BCUT2D eigenvalue weighted by molar-refractivity contribution is 7.99. The summed E-state index contributed by atoms with van der Waals surface area (Å²) in [5.41, 5.74) is 1.45. The van der Waals surface area contributed by atoms with E-state index in [0.29, 0.717) is 16.6 Å². The molecule has 10 heteroatoms. The standard InChI is InChI=1S/C19H17F4N3O2S/c1-25(10-12-6-8-13(9-7-12)28-18(22)23)16(27)11-29-19-24-14-4-2-3-5-15(14)26(19)17(20)21/h2-9,17-18H,10-11H2,1H3. The van der Waals surface area contributed by atoms with Crippen molar-refractivity contribution in [3.05, 3.63) is 54.1 Å². The van der Waals surface area contributed by atoms with Gasteiger partial charge in [-0.15, -0.1) is 0 Å². The molecule has 0 saturated heterocycles. The van der Waals surface area contributed by atoms with E-state index in [1.54, 1.807) is 43.4 Å². The summed E-state index contributed by atoms with van der Waals surface area (Å²) in [5.74, 6) is -0.325. The normalized spacial score (nSPS) is 11.4. The van der Waals surface area contributed by atoms with Crippen LogP contribution in [0.15, 0.2) is 53.7 Å². The monoisotopic (exact) mass is 427 g/mol. The smallest absolute Gasteiger partial charge is 0.387 e. The van der Waals surface area contributed by atoms with Gasteiger partial charge in [-0.05, 0) is 29.8 Å². The predicted molar refractivity (Wildman–Crippen MR) is 101 cm³/mol. The SMILES string of the molecule is CN(Cc1ccc(OC(F)F)cc1)C(=O)CSc1nc2ccccc2n1C(F)F. The summed E-state index contributed by atoms with van der Waals surface area (Å²) in [6, 6.07) is 12.5. The maximum Gasteiger partial charge on any atom is 0.387 e. The van der Waals surface area contributed by atoms with Gasteiger partial charge in [-0.2, -0.15) is 17.6 Å². The maximum atomic E-state index is 13.4. The molecule has 1 aromatic heterocycles. The summed E-state index contributed by atoms with van der Waals surface area (Å²) >= 11 is 0.935. The van der Waals surface area contributed by atoms with Crippen molar-refractivity contribution in [2.45, 2.75) is 24.9 Å². The molecule has 0 aliphatic carbocycles. The lowest BCUT2D eigenvalue weighted by Crippen LogP contribution is -2.27. The first kappa shape index (κ1) is 21.0. The topological polar surface area (TPSA) is 47.4 Å². The Bertz CT molecular complexity index is 979. The Labute approximate surface area is 168 Å². The number of amides is 1. The van der Waals surface area contributed by atoms with Crippen LogP contribution in [0.1, 0.15) is 12.1 Å². The molecule has 2 aromatic carbocycles. The summed E-state index contributed by atoms with van der Waals surface area (Å²) in [7, 11) is 1.57. The quantitative estimate of drug-likeness (QED) is 0.383. The Morgan fingerprint density at radius 2 is 1.83 bits per heavy atom. The van der Waals surface area contributed by atoms with Gasteiger partial charge in [0, 0.05) is 13.6 Å². The summed E-state index contributed by atoms with van der Waals surface area (Å²) < 4.78 is 56.3. The van der Waals surface area contributed by atoms with E-state index in [9.17, 15) is 22.4 Å². The lowest BCUT2D eigenvalue weighted by atomic mass is 10.2. The third-order valence-corrected chi connectivity index (χ3v) is 5.01. The number of para-hydroxylation sites is 2. The number of aromatic nitrogens is 2. The van der Waals surface area contributed by atoms with Crippen LogP contribution in [-0.4, -0.2) is 39.8 Å². The van der Waals surface area contributed by atoms with Crippen molar-refractivity contribution in [3.63, 3.8) is 0 Å². The molecule has 0 aliphatic heterocycles. The number of rotatable bonds is 8. The number of alkyl halides is 4. The Morgan fingerprint density at radius 1 is 1.14 bits per heavy atom. The zero-order valence-electron chi connectivity index (χ0n) is 15.3. The van der Waals surface area contributed by atoms with Gasteiger partial charge in [0.15, 0.2) is 5.16 Å². The van der Waals surface area contributed by atoms with Crippen LogP contribution >= 0.6 is 11.8 Å². The van der Waals surface area contributed by atoms with Gasteiger partial charge in [0.2, 0.25) is 5.91 Å². The number of hydrogen-bond donors (Lipinski definition) is 0. The molecule has 3 aromatic rings. The average Bonchev–Trinajstić information content (AvgIpc) is 3.05. The summed E-state index contributed by atoms with van der Waals surface area (Å²) in [6.07, 6.45) is 0. The first-order chi connectivity index (χ1) is 13.8. The van der Waals surface area contributed by atoms with Crippen LogP contribution in [0.25, 0.3) is 11.0 Å². The molecule has 0 fully saturated rings. The highest BCUT2D eigenvalue weighted by Crippen LogP contribution is 2.29. The van der Waals surface area contributed by atoms with Crippen LogP contribution in [0.2, 0.25) is 0 Å². The number of carbonyl (C=O) groups excluding carboxylic acids is 1. The molecule has 0 atom stereocenters. The van der Waals surface area contributed by atoms with E-state index in [-0.39, 0.29) is 29.1 Å². The third kappa shape index (κ3) is 5.20. The number of thioether (sulfide) groups is 1. The molecule has 1 amide bonds. The van der Waals surface area contributed by atoms with E-state index in [2.05, 4.69) is 9.72 Å². The van der Waals surface area contributed by atoms with Gasteiger partial charge in [0.05, 0.1) is 16.8 Å². The van der Waals surface area contributed by atoms with Crippen molar-refractivity contribution in [2.24, 2.45) is 0 Å². The molecular formula is C19H17F4N3O2S. The van der Waals surface area contributed by atoms with Crippen molar-refractivity contribution in [2.75, 3.05) is 12.8 Å².